The summed E-state index contributed by atoms with van der Waals surface area (Å²) in [6.07, 6.45) is 2.12. The Morgan fingerprint density at radius 3 is 2.47 bits per heavy atom. The van der Waals surface area contributed by atoms with Gasteiger partial charge in [0.05, 0.1) is 5.92 Å². The molecule has 3 heteroatoms. The molecule has 0 amide bonds. The van der Waals surface area contributed by atoms with Crippen molar-refractivity contribution in [2.24, 2.45) is 5.92 Å². The average molecular weight is 230 g/mol. The molecule has 0 saturated heterocycles. The summed E-state index contributed by atoms with van der Waals surface area (Å²) < 4.78 is 0. The lowest BCUT2D eigenvalue weighted by molar-refractivity contribution is -0.143. The van der Waals surface area contributed by atoms with Crippen molar-refractivity contribution in [1.29, 1.82) is 0 Å². The number of aryl methyl sites for hydroxylation is 1. The van der Waals surface area contributed by atoms with Gasteiger partial charge in [-0.05, 0) is 30.6 Å². The summed E-state index contributed by atoms with van der Waals surface area (Å²) in [5.74, 6) is -1.57. The topological polar surface area (TPSA) is 54.4 Å². The van der Waals surface area contributed by atoms with E-state index in [1.165, 1.54) is 0 Å². The average Bonchev–Trinajstić information content (AvgIpc) is 2.29. The summed E-state index contributed by atoms with van der Waals surface area (Å²) >= 11 is 0. The Hall–Kier alpha value is -1.90. The van der Waals surface area contributed by atoms with Gasteiger partial charge in [-0.3, -0.25) is 9.59 Å². The van der Waals surface area contributed by atoms with E-state index in [0.717, 1.165) is 16.7 Å². The lowest BCUT2D eigenvalue weighted by Gasteiger charge is -2.18. The minimum Gasteiger partial charge on any atom is -0.481 e. The highest BCUT2D eigenvalue weighted by Crippen LogP contribution is 2.29. The van der Waals surface area contributed by atoms with E-state index in [1.54, 1.807) is 6.08 Å². The Labute approximate surface area is 99.8 Å². The minimum absolute atomic E-state index is 0.0979. The summed E-state index contributed by atoms with van der Waals surface area (Å²) in [5.41, 5.74) is 2.91. The molecule has 1 aromatic carbocycles. The molecule has 0 saturated carbocycles. The summed E-state index contributed by atoms with van der Waals surface area (Å²) in [7, 11) is 0. The quantitative estimate of drug-likeness (QED) is 0.849. The van der Waals surface area contributed by atoms with Crippen LogP contribution >= 0.6 is 0 Å². The predicted molar refractivity (Wildman–Crippen MR) is 64.5 cm³/mol. The third-order valence-corrected chi connectivity index (χ3v) is 3.02. The minimum atomic E-state index is -0.893. The maximum Gasteiger partial charge on any atom is 0.307 e. The Bertz CT molecular complexity index is 483. The maximum atomic E-state index is 11.5. The summed E-state index contributed by atoms with van der Waals surface area (Å²) in [5, 5.41) is 8.99. The first kappa shape index (κ1) is 11.6. The van der Waals surface area contributed by atoms with Crippen molar-refractivity contribution in [2.75, 3.05) is 0 Å². The molecule has 0 radical (unpaired) electrons. The number of hydrogen-bond acceptors (Lipinski definition) is 2. The molecular weight excluding hydrogens is 216 g/mol. The van der Waals surface area contributed by atoms with E-state index in [4.69, 9.17) is 5.11 Å². The Morgan fingerprint density at radius 2 is 1.88 bits per heavy atom. The summed E-state index contributed by atoms with van der Waals surface area (Å²) in [6.45, 7) is 1.99. The predicted octanol–water partition coefficient (Wildman–Crippen LogP) is 2.44. The molecule has 1 N–H and O–H groups in total. The van der Waals surface area contributed by atoms with Gasteiger partial charge >= 0.3 is 5.97 Å². The molecule has 0 aliphatic heterocycles. The first-order valence-corrected chi connectivity index (χ1v) is 5.59. The van der Waals surface area contributed by atoms with Gasteiger partial charge in [0, 0.05) is 6.42 Å². The second-order valence-corrected chi connectivity index (χ2v) is 4.45. The molecule has 1 aliphatic carbocycles. The van der Waals surface area contributed by atoms with Crippen molar-refractivity contribution < 1.29 is 14.7 Å². The van der Waals surface area contributed by atoms with Crippen LogP contribution in [0.4, 0.5) is 0 Å². The smallest absolute Gasteiger partial charge is 0.307 e. The van der Waals surface area contributed by atoms with E-state index < -0.39 is 11.9 Å². The maximum absolute atomic E-state index is 11.5. The normalized spacial score (nSPS) is 19.9. The van der Waals surface area contributed by atoms with Gasteiger partial charge in [0.15, 0.2) is 5.78 Å². The third-order valence-electron chi connectivity index (χ3n) is 3.02. The van der Waals surface area contributed by atoms with Crippen molar-refractivity contribution in [3.05, 3.63) is 41.5 Å². The van der Waals surface area contributed by atoms with Crippen LogP contribution in [0.3, 0.4) is 0 Å². The fourth-order valence-electron chi connectivity index (χ4n) is 2.04. The van der Waals surface area contributed by atoms with Crippen LogP contribution in [0, 0.1) is 12.8 Å². The molecule has 3 nitrogen and oxygen atoms in total. The SMILES string of the molecule is Cc1ccc(C2=CC(=O)C[C@@H](C(=O)O)C2)cc1. The van der Waals surface area contributed by atoms with Gasteiger partial charge < -0.3 is 5.11 Å². The highest BCUT2D eigenvalue weighted by atomic mass is 16.4. The Kier molecular flexibility index (Phi) is 3.09. The zero-order valence-corrected chi connectivity index (χ0v) is 9.64. The molecule has 0 spiro atoms. The fraction of sp³-hybridized carbons (Fsp3) is 0.286. The first-order valence-electron chi connectivity index (χ1n) is 5.59. The zero-order chi connectivity index (χ0) is 12.4. The van der Waals surface area contributed by atoms with Crippen LogP contribution in [0.15, 0.2) is 30.3 Å². The molecule has 1 atom stereocenters. The standard InChI is InChI=1S/C14H14O3/c1-9-2-4-10(5-3-9)11-6-12(14(16)17)8-13(15)7-11/h2-5,7,12H,6,8H2,1H3,(H,16,17)/t12-/m0/s1. The molecule has 88 valence electrons. The van der Waals surface area contributed by atoms with E-state index >= 15 is 0 Å². The van der Waals surface area contributed by atoms with Crippen molar-refractivity contribution in [2.45, 2.75) is 19.8 Å². The molecule has 1 aliphatic rings. The second-order valence-electron chi connectivity index (χ2n) is 4.45. The number of benzene rings is 1. The van der Waals surface area contributed by atoms with E-state index in [1.807, 2.05) is 31.2 Å². The van der Waals surface area contributed by atoms with Crippen LogP contribution in [0.25, 0.3) is 5.57 Å². The van der Waals surface area contributed by atoms with E-state index in [2.05, 4.69) is 0 Å². The summed E-state index contributed by atoms with van der Waals surface area (Å²) in [4.78, 5) is 22.4. The number of carboxylic acids is 1. The van der Waals surface area contributed by atoms with E-state index in [0.29, 0.717) is 6.42 Å². The van der Waals surface area contributed by atoms with Crippen molar-refractivity contribution in [3.8, 4) is 0 Å². The van der Waals surface area contributed by atoms with E-state index in [9.17, 15) is 9.59 Å². The molecule has 0 unspecified atom stereocenters. The molecule has 2 rings (SSSR count). The van der Waals surface area contributed by atoms with Gasteiger partial charge in [-0.1, -0.05) is 29.8 Å². The summed E-state index contributed by atoms with van der Waals surface area (Å²) in [6, 6.07) is 7.79. The number of allylic oxidation sites excluding steroid dienone is 2. The third kappa shape index (κ3) is 2.61. The highest BCUT2D eigenvalue weighted by Gasteiger charge is 2.26. The van der Waals surface area contributed by atoms with Crippen molar-refractivity contribution in [1.82, 2.24) is 0 Å². The fourth-order valence-corrected chi connectivity index (χ4v) is 2.04. The zero-order valence-electron chi connectivity index (χ0n) is 9.64. The van der Waals surface area contributed by atoms with Gasteiger partial charge in [-0.2, -0.15) is 0 Å². The number of ketones is 1. The van der Waals surface area contributed by atoms with Crippen LogP contribution in [-0.2, 0) is 9.59 Å². The van der Waals surface area contributed by atoms with Crippen LogP contribution in [0.2, 0.25) is 0 Å². The van der Waals surface area contributed by atoms with Crippen LogP contribution in [0.1, 0.15) is 24.0 Å². The Balaban J connectivity index is 2.29. The van der Waals surface area contributed by atoms with Crippen LogP contribution in [0.5, 0.6) is 0 Å². The second kappa shape index (κ2) is 4.53. The first-order chi connectivity index (χ1) is 8.06. The molecule has 0 heterocycles. The number of carboxylic acid groups (broad SMARTS) is 1. The number of hydrogen-bond donors (Lipinski definition) is 1. The van der Waals surface area contributed by atoms with Crippen molar-refractivity contribution >= 4 is 17.3 Å². The monoisotopic (exact) mass is 230 g/mol. The van der Waals surface area contributed by atoms with Crippen LogP contribution < -0.4 is 0 Å². The number of aliphatic carboxylic acids is 1. The number of carbonyl (C=O) groups is 2. The highest BCUT2D eigenvalue weighted by molar-refractivity contribution is 6.01. The van der Waals surface area contributed by atoms with Gasteiger partial charge in [0.2, 0.25) is 0 Å². The molecule has 17 heavy (non-hydrogen) atoms. The molecule has 0 fully saturated rings. The molecule has 1 aromatic rings. The van der Waals surface area contributed by atoms with Gasteiger partial charge in [0.25, 0.3) is 0 Å². The van der Waals surface area contributed by atoms with Crippen molar-refractivity contribution in [3.63, 3.8) is 0 Å². The largest absolute Gasteiger partial charge is 0.481 e. The van der Waals surface area contributed by atoms with Crippen LogP contribution in [-0.4, -0.2) is 16.9 Å². The lowest BCUT2D eigenvalue weighted by Crippen LogP contribution is -2.21. The van der Waals surface area contributed by atoms with Gasteiger partial charge in [0.1, 0.15) is 0 Å². The van der Waals surface area contributed by atoms with Gasteiger partial charge in [-0.25, -0.2) is 0 Å². The molecule has 0 aromatic heterocycles. The van der Waals surface area contributed by atoms with Gasteiger partial charge in [-0.15, -0.1) is 0 Å². The Morgan fingerprint density at radius 1 is 1.24 bits per heavy atom. The lowest BCUT2D eigenvalue weighted by atomic mass is 9.85. The molecular formula is C14H14O3. The number of carbonyl (C=O) groups excluding carboxylic acids is 1. The number of rotatable bonds is 2. The van der Waals surface area contributed by atoms with E-state index in [-0.39, 0.29) is 12.2 Å². The molecule has 0 bridgehead atoms.